The standard InChI is InChI=1S/C44H44Cl2N10O6/c1-25(40-32(45)21-47-22-33(40)46)62-28-6-7-35-30(19-28)41(52-51-35)27-5-9-37(48-20-27)54-15-17-55(18-16-54)43(60)26-11-13-53(14-12-26)24-39(58)49-34-4-2-3-29-31(34)23-56(44(29)61)36-8-10-38(57)50-42(36)59/h2-7,9,19-22,25-26,36H,8,10-18,23-24H2,1H3,(H,49,58)(H,51,52)(H,50,57,59)/t25-,36?/m1/s1. The SMILES string of the molecule is C[C@@H](Oc1ccc2[nH]nc(-c3ccc(N4CCN(C(=O)C5CCN(CC(=O)Nc6cccc7c6CN(C6CCC(=O)NC6=O)C7=O)CC5)CC4)nc3)c2c1)c1c(Cl)cncc1Cl. The number of nitrogens with zero attached hydrogens (tertiary/aromatic N) is 7. The van der Waals surface area contributed by atoms with Crippen LogP contribution in [0.5, 0.6) is 5.75 Å². The Morgan fingerprint density at radius 2 is 1.71 bits per heavy atom. The van der Waals surface area contributed by atoms with E-state index in [2.05, 4.69) is 30.7 Å². The molecule has 4 aliphatic rings. The molecule has 4 aliphatic heterocycles. The molecule has 3 aromatic heterocycles. The van der Waals surface area contributed by atoms with Crippen LogP contribution in [0.2, 0.25) is 10.0 Å². The molecular formula is C44H44Cl2N10O6. The number of H-pyrrole nitrogens is 1. The Bertz CT molecular complexity index is 2550. The molecule has 2 aromatic carbocycles. The van der Waals surface area contributed by atoms with E-state index >= 15 is 0 Å². The summed E-state index contributed by atoms with van der Waals surface area (Å²) in [6.07, 6.45) is 6.24. The second-order valence-electron chi connectivity index (χ2n) is 16.1. The van der Waals surface area contributed by atoms with Crippen LogP contribution in [-0.2, 0) is 25.7 Å². The number of piperazine rings is 1. The van der Waals surface area contributed by atoms with Crippen molar-refractivity contribution < 1.29 is 28.7 Å². The van der Waals surface area contributed by atoms with Gasteiger partial charge in [-0.05, 0) is 81.7 Å². The smallest absolute Gasteiger partial charge is 0.255 e. The first-order valence-electron chi connectivity index (χ1n) is 20.7. The van der Waals surface area contributed by atoms with Gasteiger partial charge in [0.05, 0.1) is 22.1 Å². The number of rotatable bonds is 10. The summed E-state index contributed by atoms with van der Waals surface area (Å²) in [4.78, 5) is 80.6. The maximum absolute atomic E-state index is 13.6. The summed E-state index contributed by atoms with van der Waals surface area (Å²) in [6.45, 7) is 5.95. The Kier molecular flexibility index (Phi) is 11.5. The van der Waals surface area contributed by atoms with Gasteiger partial charge in [0.15, 0.2) is 0 Å². The predicted molar refractivity (Wildman–Crippen MR) is 232 cm³/mol. The zero-order valence-corrected chi connectivity index (χ0v) is 35.4. The lowest BCUT2D eigenvalue weighted by molar-refractivity contribution is -0.138. The van der Waals surface area contributed by atoms with Crippen LogP contribution < -0.4 is 20.3 Å². The van der Waals surface area contributed by atoms with E-state index in [-0.39, 0.29) is 55.5 Å². The molecule has 5 aromatic rings. The third-order valence-electron chi connectivity index (χ3n) is 12.2. The highest BCUT2D eigenvalue weighted by molar-refractivity contribution is 6.35. The number of amides is 5. The summed E-state index contributed by atoms with van der Waals surface area (Å²) in [5.74, 6) is 0.176. The molecule has 0 radical (unpaired) electrons. The fraction of sp³-hybridized carbons (Fsp3) is 0.364. The molecule has 3 N–H and O–H groups in total. The highest BCUT2D eigenvalue weighted by Gasteiger charge is 2.40. The number of carbonyl (C=O) groups excluding carboxylic acids is 5. The first-order chi connectivity index (χ1) is 30.0. The number of aromatic nitrogens is 4. The van der Waals surface area contributed by atoms with Gasteiger partial charge in [-0.3, -0.25) is 44.3 Å². The van der Waals surface area contributed by atoms with Crippen LogP contribution in [0, 0.1) is 5.92 Å². The number of ether oxygens (including phenoxy) is 1. The van der Waals surface area contributed by atoms with Crippen LogP contribution in [0.4, 0.5) is 11.5 Å². The number of anilines is 2. The molecule has 0 aliphatic carbocycles. The van der Waals surface area contributed by atoms with Crippen LogP contribution in [0.1, 0.15) is 60.2 Å². The van der Waals surface area contributed by atoms with Gasteiger partial charge in [-0.15, -0.1) is 0 Å². The Morgan fingerprint density at radius 1 is 0.935 bits per heavy atom. The van der Waals surface area contributed by atoms with Crippen LogP contribution in [-0.4, -0.2) is 116 Å². The molecule has 3 fully saturated rings. The van der Waals surface area contributed by atoms with Gasteiger partial charge >= 0.3 is 0 Å². The second kappa shape index (κ2) is 17.3. The van der Waals surface area contributed by atoms with Gasteiger partial charge in [0.1, 0.15) is 29.4 Å². The number of nitrogens with one attached hydrogen (secondary N) is 3. The number of imide groups is 1. The number of piperidine rings is 2. The quantitative estimate of drug-likeness (QED) is 0.156. The molecule has 2 atom stereocenters. The number of likely N-dealkylation sites (tertiary alicyclic amines) is 1. The van der Waals surface area contributed by atoms with E-state index in [1.54, 1.807) is 30.6 Å². The third kappa shape index (κ3) is 8.29. The van der Waals surface area contributed by atoms with Crippen molar-refractivity contribution in [3.05, 3.63) is 93.9 Å². The van der Waals surface area contributed by atoms with Gasteiger partial charge < -0.3 is 24.8 Å². The summed E-state index contributed by atoms with van der Waals surface area (Å²) >= 11 is 12.7. The molecule has 5 amide bonds. The monoisotopic (exact) mass is 878 g/mol. The average molecular weight is 880 g/mol. The molecule has 0 bridgehead atoms. The van der Waals surface area contributed by atoms with Gasteiger partial charge in [-0.2, -0.15) is 5.10 Å². The summed E-state index contributed by atoms with van der Waals surface area (Å²) in [6, 6.07) is 14.1. The van der Waals surface area contributed by atoms with Crippen LogP contribution in [0.15, 0.2) is 67.1 Å². The number of carbonyl (C=O) groups is 5. The molecule has 3 saturated heterocycles. The van der Waals surface area contributed by atoms with Crippen molar-refractivity contribution in [2.75, 3.05) is 56.0 Å². The highest BCUT2D eigenvalue weighted by atomic mass is 35.5. The van der Waals surface area contributed by atoms with E-state index in [4.69, 9.17) is 32.9 Å². The highest BCUT2D eigenvalue weighted by Crippen LogP contribution is 2.36. The fourth-order valence-electron chi connectivity index (χ4n) is 8.92. The molecule has 9 rings (SSSR count). The van der Waals surface area contributed by atoms with Crippen molar-refractivity contribution in [2.24, 2.45) is 5.92 Å². The maximum atomic E-state index is 13.6. The minimum atomic E-state index is -0.733. The van der Waals surface area contributed by atoms with Gasteiger partial charge in [0.25, 0.3) is 5.91 Å². The first-order valence-corrected chi connectivity index (χ1v) is 21.5. The van der Waals surface area contributed by atoms with Gasteiger partial charge in [0.2, 0.25) is 23.6 Å². The largest absolute Gasteiger partial charge is 0.486 e. The molecule has 1 unspecified atom stereocenters. The number of halogens is 2. The summed E-state index contributed by atoms with van der Waals surface area (Å²) in [7, 11) is 0. The Morgan fingerprint density at radius 3 is 2.44 bits per heavy atom. The maximum Gasteiger partial charge on any atom is 0.255 e. The number of benzene rings is 2. The van der Waals surface area contributed by atoms with Crippen LogP contribution >= 0.6 is 23.2 Å². The van der Waals surface area contributed by atoms with E-state index in [0.29, 0.717) is 90.3 Å². The number of hydrogen-bond donors (Lipinski definition) is 3. The van der Waals surface area contributed by atoms with Crippen molar-refractivity contribution in [1.82, 2.24) is 40.2 Å². The molecule has 16 nitrogen and oxygen atoms in total. The van der Waals surface area contributed by atoms with Crippen molar-refractivity contribution in [3.63, 3.8) is 0 Å². The number of pyridine rings is 2. The zero-order chi connectivity index (χ0) is 43.1. The van der Waals surface area contributed by atoms with Crippen molar-refractivity contribution >= 4 is 75.1 Å². The van der Waals surface area contributed by atoms with Crippen molar-refractivity contribution in [3.8, 4) is 17.0 Å². The third-order valence-corrected chi connectivity index (χ3v) is 12.8. The molecule has 320 valence electrons. The first kappa shape index (κ1) is 41.3. The van der Waals surface area contributed by atoms with Gasteiger partial charge in [-0.25, -0.2) is 4.98 Å². The molecule has 0 saturated carbocycles. The van der Waals surface area contributed by atoms with Gasteiger partial charge in [-0.1, -0.05) is 29.3 Å². The van der Waals surface area contributed by atoms with E-state index in [9.17, 15) is 24.0 Å². The normalized spacial score (nSPS) is 19.1. The van der Waals surface area contributed by atoms with Crippen LogP contribution in [0.3, 0.4) is 0 Å². The number of hydrogen-bond acceptors (Lipinski definition) is 11. The van der Waals surface area contributed by atoms with Crippen molar-refractivity contribution in [1.29, 1.82) is 0 Å². The fourth-order valence-corrected chi connectivity index (χ4v) is 9.59. The summed E-state index contributed by atoms with van der Waals surface area (Å²) in [5.41, 5.74) is 4.74. The second-order valence-corrected chi connectivity index (χ2v) is 16.9. The zero-order valence-electron chi connectivity index (χ0n) is 33.9. The predicted octanol–water partition coefficient (Wildman–Crippen LogP) is 5.23. The lowest BCUT2D eigenvalue weighted by Gasteiger charge is -2.39. The van der Waals surface area contributed by atoms with Crippen molar-refractivity contribution in [2.45, 2.75) is 51.3 Å². The van der Waals surface area contributed by atoms with E-state index in [1.807, 2.05) is 53.3 Å². The van der Waals surface area contributed by atoms with E-state index in [0.717, 1.165) is 28.0 Å². The van der Waals surface area contributed by atoms with Gasteiger partial charge in [0, 0.05) is 97.0 Å². The minimum absolute atomic E-state index is 0.107. The Balaban J connectivity index is 0.743. The molecule has 18 heteroatoms. The number of aromatic amines is 1. The minimum Gasteiger partial charge on any atom is -0.486 e. The Labute approximate surface area is 366 Å². The summed E-state index contributed by atoms with van der Waals surface area (Å²) in [5, 5.41) is 14.7. The number of fused-ring (bicyclic) bond motifs is 2. The lowest BCUT2D eigenvalue weighted by atomic mass is 9.95. The average Bonchev–Trinajstić information content (AvgIpc) is 3.84. The lowest BCUT2D eigenvalue weighted by Crippen LogP contribution is -2.52. The topological polar surface area (TPSA) is 186 Å². The van der Waals surface area contributed by atoms with Crippen LogP contribution in [0.25, 0.3) is 22.2 Å². The molecular weight excluding hydrogens is 835 g/mol. The molecule has 62 heavy (non-hydrogen) atoms. The Hall–Kier alpha value is -6.10. The van der Waals surface area contributed by atoms with E-state index < -0.39 is 18.1 Å². The molecule has 0 spiro atoms. The summed E-state index contributed by atoms with van der Waals surface area (Å²) < 4.78 is 6.24. The van der Waals surface area contributed by atoms with E-state index in [1.165, 1.54) is 4.90 Å². The molecule has 7 heterocycles.